The zero-order chi connectivity index (χ0) is 29.1. The number of methoxy groups -OCH3 is 2. The number of amides is 1. The number of rotatable bonds is 9. The number of nitrogens with one attached hydrogen (secondary N) is 1. The molecule has 12 heteroatoms. The Morgan fingerprint density at radius 2 is 1.85 bits per heavy atom. The molecule has 2 heterocycles. The van der Waals surface area contributed by atoms with Crippen molar-refractivity contribution in [1.29, 1.82) is 0 Å². The highest BCUT2D eigenvalue weighted by atomic mass is 79.9. The molecule has 4 fully saturated rings. The Morgan fingerprint density at radius 3 is 2.49 bits per heavy atom. The van der Waals surface area contributed by atoms with Crippen LogP contribution in [-0.2, 0) is 16.9 Å². The first-order chi connectivity index (χ1) is 19.5. The minimum absolute atomic E-state index is 0.00778. The van der Waals surface area contributed by atoms with E-state index >= 15 is 0 Å². The van der Waals surface area contributed by atoms with Gasteiger partial charge in [0.2, 0.25) is 5.91 Å². The molecule has 2 atom stereocenters. The summed E-state index contributed by atoms with van der Waals surface area (Å²) in [6, 6.07) is 5.79. The van der Waals surface area contributed by atoms with E-state index in [2.05, 4.69) is 26.3 Å². The van der Waals surface area contributed by atoms with Crippen LogP contribution in [0.4, 0.5) is 11.5 Å². The second-order valence-corrected chi connectivity index (χ2v) is 13.2. The van der Waals surface area contributed by atoms with E-state index in [1.807, 2.05) is 41.4 Å². The Hall–Kier alpha value is -3.41. The van der Waals surface area contributed by atoms with Crippen LogP contribution in [0.3, 0.4) is 0 Å². The number of hydrogen-bond acceptors (Lipinski definition) is 7. The number of halogens is 1. The molecule has 3 aromatic rings. The molecule has 2 unspecified atom stereocenters. The SMILES string of the molecule is COc1ccc(Cn2nc(C)c(NC(=O)CC34CC5CC(C3)CC(n3cc(Br)c([N+](=O)[O-])n3)(C5)C4)c2C)cc1OC. The summed E-state index contributed by atoms with van der Waals surface area (Å²) in [7, 11) is 3.22. The van der Waals surface area contributed by atoms with Crippen LogP contribution in [0.15, 0.2) is 28.9 Å². The van der Waals surface area contributed by atoms with E-state index in [4.69, 9.17) is 14.6 Å². The minimum Gasteiger partial charge on any atom is -0.493 e. The van der Waals surface area contributed by atoms with Gasteiger partial charge in [-0.15, -0.1) is 0 Å². The van der Waals surface area contributed by atoms with Gasteiger partial charge < -0.3 is 24.9 Å². The van der Waals surface area contributed by atoms with Gasteiger partial charge >= 0.3 is 5.82 Å². The predicted octanol–water partition coefficient (Wildman–Crippen LogP) is 5.76. The quantitative estimate of drug-likeness (QED) is 0.236. The van der Waals surface area contributed by atoms with Crippen molar-refractivity contribution in [3.05, 3.63) is 55.9 Å². The average Bonchev–Trinajstić information content (AvgIpc) is 3.43. The van der Waals surface area contributed by atoms with Crippen molar-refractivity contribution in [3.63, 3.8) is 0 Å². The number of aryl methyl sites for hydroxylation is 1. The standard InChI is InChI=1S/C29H35BrN6O5/c1-17-26(18(2)34(32-17)14-19-5-6-23(40-3)24(8-19)41-4)31-25(37)13-28-9-20-7-21(10-28)12-29(11-20,16-28)35-15-22(30)27(33-35)36(38)39/h5-6,8,15,20-21H,7,9-14,16H2,1-4H3,(H,31,37). The molecule has 4 aliphatic rings. The fourth-order valence-electron chi connectivity index (χ4n) is 8.30. The molecule has 1 amide bonds. The topological polar surface area (TPSA) is 126 Å². The molecule has 2 aromatic heterocycles. The lowest BCUT2D eigenvalue weighted by Crippen LogP contribution is -2.57. The molecule has 41 heavy (non-hydrogen) atoms. The second-order valence-electron chi connectivity index (χ2n) is 12.3. The lowest BCUT2D eigenvalue weighted by molar-refractivity contribution is -0.390. The maximum Gasteiger partial charge on any atom is 0.404 e. The number of ether oxygens (including phenoxy) is 2. The van der Waals surface area contributed by atoms with Crippen molar-refractivity contribution in [2.45, 2.75) is 70.9 Å². The normalized spacial score (nSPS) is 26.3. The first-order valence-corrected chi connectivity index (χ1v) is 14.8. The fourth-order valence-corrected chi connectivity index (χ4v) is 8.71. The number of nitrogens with zero attached hydrogens (tertiary/aromatic N) is 5. The monoisotopic (exact) mass is 626 g/mol. The molecule has 0 saturated heterocycles. The highest BCUT2D eigenvalue weighted by molar-refractivity contribution is 9.10. The summed E-state index contributed by atoms with van der Waals surface area (Å²) in [4.78, 5) is 24.7. The zero-order valence-corrected chi connectivity index (χ0v) is 25.4. The van der Waals surface area contributed by atoms with Crippen LogP contribution in [-0.4, -0.2) is 44.6 Å². The molecule has 7 rings (SSSR count). The molecule has 4 aliphatic carbocycles. The Labute approximate surface area is 246 Å². The molecule has 1 aromatic carbocycles. The molecule has 4 bridgehead atoms. The van der Waals surface area contributed by atoms with Gasteiger partial charge in [-0.3, -0.25) is 9.48 Å². The smallest absolute Gasteiger partial charge is 0.404 e. The Kier molecular flexibility index (Phi) is 6.87. The summed E-state index contributed by atoms with van der Waals surface area (Å²) in [6.45, 7) is 4.42. The first-order valence-electron chi connectivity index (χ1n) is 14.0. The third-order valence-electron chi connectivity index (χ3n) is 9.42. The predicted molar refractivity (Wildman–Crippen MR) is 155 cm³/mol. The third kappa shape index (κ3) is 4.89. The molecule has 0 aliphatic heterocycles. The summed E-state index contributed by atoms with van der Waals surface area (Å²) in [5.74, 6) is 2.17. The summed E-state index contributed by atoms with van der Waals surface area (Å²) >= 11 is 3.33. The van der Waals surface area contributed by atoms with Gasteiger partial charge in [0.25, 0.3) is 0 Å². The van der Waals surface area contributed by atoms with Gasteiger partial charge in [-0.25, -0.2) is 0 Å². The Morgan fingerprint density at radius 1 is 1.15 bits per heavy atom. The van der Waals surface area contributed by atoms with Gasteiger partial charge in [0.05, 0.1) is 54.7 Å². The Bertz CT molecular complexity index is 1520. The van der Waals surface area contributed by atoms with E-state index in [-0.39, 0.29) is 22.7 Å². The van der Waals surface area contributed by atoms with Crippen molar-refractivity contribution in [2.24, 2.45) is 17.3 Å². The van der Waals surface area contributed by atoms with Gasteiger partial charge in [-0.1, -0.05) is 6.07 Å². The van der Waals surface area contributed by atoms with Gasteiger partial charge in [0.15, 0.2) is 11.5 Å². The molecule has 1 N–H and O–H groups in total. The van der Waals surface area contributed by atoms with E-state index in [0.29, 0.717) is 40.8 Å². The zero-order valence-electron chi connectivity index (χ0n) is 23.8. The van der Waals surface area contributed by atoms with Crippen LogP contribution >= 0.6 is 15.9 Å². The highest BCUT2D eigenvalue weighted by Crippen LogP contribution is 2.65. The fraction of sp³-hybridized carbons (Fsp3) is 0.552. The summed E-state index contributed by atoms with van der Waals surface area (Å²) in [5.41, 5.74) is 3.00. The number of anilines is 1. The van der Waals surface area contributed by atoms with Crippen LogP contribution < -0.4 is 14.8 Å². The van der Waals surface area contributed by atoms with Crippen LogP contribution in [0.1, 0.15) is 61.9 Å². The van der Waals surface area contributed by atoms with E-state index in [9.17, 15) is 14.9 Å². The summed E-state index contributed by atoms with van der Waals surface area (Å²) < 4.78 is 14.9. The van der Waals surface area contributed by atoms with Crippen molar-refractivity contribution in [2.75, 3.05) is 19.5 Å². The first kappa shape index (κ1) is 27.7. The Balaban J connectivity index is 1.20. The second kappa shape index (κ2) is 10.1. The van der Waals surface area contributed by atoms with Crippen LogP contribution in [0, 0.1) is 41.2 Å². The largest absolute Gasteiger partial charge is 0.493 e. The van der Waals surface area contributed by atoms with Crippen LogP contribution in [0.2, 0.25) is 0 Å². The van der Waals surface area contributed by atoms with E-state index in [0.717, 1.165) is 61.2 Å². The van der Waals surface area contributed by atoms with Crippen molar-refractivity contribution < 1.29 is 19.2 Å². The third-order valence-corrected chi connectivity index (χ3v) is 9.98. The van der Waals surface area contributed by atoms with Gasteiger partial charge in [-0.2, -0.15) is 9.78 Å². The molecule has 0 radical (unpaired) electrons. The lowest BCUT2D eigenvalue weighted by atomic mass is 9.46. The van der Waals surface area contributed by atoms with Gasteiger partial charge in [0, 0.05) is 6.42 Å². The van der Waals surface area contributed by atoms with E-state index in [1.54, 1.807) is 20.4 Å². The number of benzene rings is 1. The van der Waals surface area contributed by atoms with Crippen molar-refractivity contribution >= 4 is 33.3 Å². The van der Waals surface area contributed by atoms with Crippen LogP contribution in [0.25, 0.3) is 0 Å². The molecule has 218 valence electrons. The molecule has 11 nitrogen and oxygen atoms in total. The number of hydrogen-bond donors (Lipinski definition) is 1. The highest BCUT2D eigenvalue weighted by Gasteiger charge is 2.60. The van der Waals surface area contributed by atoms with Crippen molar-refractivity contribution in [3.8, 4) is 11.5 Å². The molecule has 0 spiro atoms. The molecule has 4 saturated carbocycles. The van der Waals surface area contributed by atoms with Gasteiger partial charge in [0.1, 0.15) is 4.47 Å². The maximum atomic E-state index is 13.6. The van der Waals surface area contributed by atoms with E-state index in [1.165, 1.54) is 0 Å². The van der Waals surface area contributed by atoms with Crippen molar-refractivity contribution in [1.82, 2.24) is 19.6 Å². The summed E-state index contributed by atoms with van der Waals surface area (Å²) in [5, 5.41) is 23.8. The average molecular weight is 628 g/mol. The maximum absolute atomic E-state index is 13.6. The number of carbonyl (C=O) groups is 1. The molecular formula is C29H35BrN6O5. The lowest BCUT2D eigenvalue weighted by Gasteiger charge is -2.61. The van der Waals surface area contributed by atoms with Crippen LogP contribution in [0.5, 0.6) is 11.5 Å². The summed E-state index contributed by atoms with van der Waals surface area (Å²) in [6.07, 6.45) is 8.10. The van der Waals surface area contributed by atoms with Gasteiger partial charge in [-0.05, 0) is 108 Å². The number of carbonyl (C=O) groups excluding carboxylic acids is 1. The minimum atomic E-state index is -0.444. The number of aromatic nitrogens is 4. The molecular weight excluding hydrogens is 592 g/mol. The van der Waals surface area contributed by atoms with E-state index < -0.39 is 4.92 Å². The number of nitro groups is 1.